The Kier molecular flexibility index (Phi) is 6.29. The van der Waals surface area contributed by atoms with E-state index in [2.05, 4.69) is 0 Å². The van der Waals surface area contributed by atoms with Crippen LogP contribution in [0.3, 0.4) is 0 Å². The molecular weight excluding hydrogens is 392 g/mol. The van der Waals surface area contributed by atoms with Crippen molar-refractivity contribution in [3.63, 3.8) is 0 Å². The Bertz CT molecular complexity index is 1040. The maximum absolute atomic E-state index is 13.0. The van der Waals surface area contributed by atoms with Crippen molar-refractivity contribution in [2.75, 3.05) is 11.6 Å². The molecule has 1 heterocycles. The molecule has 0 saturated carbocycles. The smallest absolute Gasteiger partial charge is 0.410 e. The third kappa shape index (κ3) is 4.75. The Hall–Kier alpha value is -3.64. The first-order valence-corrected chi connectivity index (χ1v) is 10.3. The van der Waals surface area contributed by atoms with Crippen LogP contribution < -0.4 is 5.06 Å². The number of amides is 2. The average Bonchev–Trinajstić information content (AvgIpc) is 3.33. The molecule has 1 aliphatic heterocycles. The minimum atomic E-state index is -0.756. The van der Waals surface area contributed by atoms with Crippen LogP contribution in [-0.4, -0.2) is 34.7 Å². The fourth-order valence-corrected chi connectivity index (χ4v) is 3.76. The van der Waals surface area contributed by atoms with E-state index >= 15 is 0 Å². The second kappa shape index (κ2) is 9.45. The molecule has 6 heteroatoms. The lowest BCUT2D eigenvalue weighted by molar-refractivity contribution is -0.127. The summed E-state index contributed by atoms with van der Waals surface area (Å²) in [7, 11) is 0. The van der Waals surface area contributed by atoms with Crippen LogP contribution in [0.1, 0.15) is 18.4 Å². The van der Waals surface area contributed by atoms with Gasteiger partial charge in [0.05, 0.1) is 5.69 Å². The van der Waals surface area contributed by atoms with Crippen LogP contribution in [0.15, 0.2) is 84.9 Å². The fourth-order valence-electron chi connectivity index (χ4n) is 3.76. The molecule has 1 unspecified atom stereocenters. The predicted molar refractivity (Wildman–Crippen MR) is 118 cm³/mol. The van der Waals surface area contributed by atoms with E-state index in [1.807, 2.05) is 66.7 Å². The zero-order valence-corrected chi connectivity index (χ0v) is 17.1. The van der Waals surface area contributed by atoms with Crippen molar-refractivity contribution in [3.05, 3.63) is 90.5 Å². The van der Waals surface area contributed by atoms with Gasteiger partial charge < -0.3 is 4.74 Å². The van der Waals surface area contributed by atoms with E-state index in [1.165, 1.54) is 4.90 Å². The molecule has 4 rings (SSSR count). The molecule has 1 aliphatic rings. The summed E-state index contributed by atoms with van der Waals surface area (Å²) in [5, 5.41) is 11.3. The summed E-state index contributed by atoms with van der Waals surface area (Å²) in [6.07, 6.45) is 0.606. The second-order valence-corrected chi connectivity index (χ2v) is 7.46. The molecule has 1 saturated heterocycles. The van der Waals surface area contributed by atoms with Gasteiger partial charge in [-0.15, -0.1) is 0 Å². The maximum Gasteiger partial charge on any atom is 0.410 e. The SMILES string of the molecule is O=C(C1CCCN1C(=O)OCc1ccccc1)N(O)c1cccc(-c2ccccc2)c1. The first-order chi connectivity index (χ1) is 15.1. The highest BCUT2D eigenvalue weighted by atomic mass is 16.6. The molecule has 3 aromatic rings. The zero-order chi connectivity index (χ0) is 21.6. The van der Waals surface area contributed by atoms with E-state index in [0.717, 1.165) is 16.7 Å². The summed E-state index contributed by atoms with van der Waals surface area (Å²) in [5.74, 6) is -0.542. The molecule has 1 atom stereocenters. The number of hydrogen-bond acceptors (Lipinski definition) is 4. The highest BCUT2D eigenvalue weighted by Crippen LogP contribution is 2.27. The molecule has 0 aromatic heterocycles. The number of anilines is 1. The number of rotatable bonds is 5. The summed E-state index contributed by atoms with van der Waals surface area (Å²) in [6, 6.07) is 25.5. The molecule has 0 radical (unpaired) electrons. The van der Waals surface area contributed by atoms with Crippen LogP contribution in [0.4, 0.5) is 10.5 Å². The molecule has 2 amide bonds. The third-order valence-corrected chi connectivity index (χ3v) is 5.38. The van der Waals surface area contributed by atoms with Crippen molar-refractivity contribution in [1.82, 2.24) is 4.90 Å². The van der Waals surface area contributed by atoms with Gasteiger partial charge in [-0.05, 0) is 41.7 Å². The molecule has 0 bridgehead atoms. The molecule has 1 fully saturated rings. The molecule has 3 aromatic carbocycles. The summed E-state index contributed by atoms with van der Waals surface area (Å²) >= 11 is 0. The van der Waals surface area contributed by atoms with Crippen LogP contribution in [0.25, 0.3) is 11.1 Å². The number of likely N-dealkylation sites (tertiary alicyclic amines) is 1. The van der Waals surface area contributed by atoms with Crippen LogP contribution in [-0.2, 0) is 16.1 Å². The van der Waals surface area contributed by atoms with Gasteiger partial charge in [-0.1, -0.05) is 72.8 Å². The van der Waals surface area contributed by atoms with Gasteiger partial charge in [0.25, 0.3) is 5.91 Å². The number of benzene rings is 3. The van der Waals surface area contributed by atoms with E-state index in [0.29, 0.717) is 30.1 Å². The summed E-state index contributed by atoms with van der Waals surface area (Å²) in [6.45, 7) is 0.557. The summed E-state index contributed by atoms with van der Waals surface area (Å²) in [5.41, 5.74) is 3.10. The van der Waals surface area contributed by atoms with Gasteiger partial charge >= 0.3 is 6.09 Å². The minimum absolute atomic E-state index is 0.138. The highest BCUT2D eigenvalue weighted by molar-refractivity contribution is 5.97. The van der Waals surface area contributed by atoms with E-state index in [4.69, 9.17) is 4.74 Å². The standard InChI is InChI=1S/C25H24N2O4/c28-24(27(30)22-14-7-13-21(17-22)20-11-5-2-6-12-20)23-15-8-16-26(23)25(29)31-18-19-9-3-1-4-10-19/h1-7,9-14,17,23,30H,8,15-16,18H2. The average molecular weight is 416 g/mol. The highest BCUT2D eigenvalue weighted by Gasteiger charge is 2.37. The van der Waals surface area contributed by atoms with Gasteiger partial charge in [0.2, 0.25) is 0 Å². The Balaban J connectivity index is 1.45. The van der Waals surface area contributed by atoms with Crippen LogP contribution in [0.5, 0.6) is 0 Å². The molecular formula is C25H24N2O4. The first kappa shape index (κ1) is 20.6. The monoisotopic (exact) mass is 416 g/mol. The van der Waals surface area contributed by atoms with Gasteiger partial charge in [0.15, 0.2) is 0 Å². The lowest BCUT2D eigenvalue weighted by Crippen LogP contribution is -2.47. The maximum atomic E-state index is 13.0. The molecule has 158 valence electrons. The summed E-state index contributed by atoms with van der Waals surface area (Å²) < 4.78 is 5.39. The van der Waals surface area contributed by atoms with E-state index in [-0.39, 0.29) is 6.61 Å². The lowest BCUT2D eigenvalue weighted by atomic mass is 10.1. The number of hydrogen-bond donors (Lipinski definition) is 1. The van der Waals surface area contributed by atoms with Crippen LogP contribution in [0.2, 0.25) is 0 Å². The number of nitrogens with zero attached hydrogens (tertiary/aromatic N) is 2. The summed E-state index contributed by atoms with van der Waals surface area (Å²) in [4.78, 5) is 27.0. The number of ether oxygens (including phenoxy) is 1. The third-order valence-electron chi connectivity index (χ3n) is 5.38. The number of carbonyl (C=O) groups is 2. The van der Waals surface area contributed by atoms with Crippen molar-refractivity contribution in [3.8, 4) is 11.1 Å². The normalized spacial score (nSPS) is 15.5. The van der Waals surface area contributed by atoms with Crippen molar-refractivity contribution in [2.24, 2.45) is 0 Å². The van der Waals surface area contributed by atoms with Gasteiger partial charge in [-0.2, -0.15) is 5.06 Å². The van der Waals surface area contributed by atoms with Gasteiger partial charge in [-0.25, -0.2) is 4.79 Å². The molecule has 1 N–H and O–H groups in total. The van der Waals surface area contributed by atoms with E-state index in [9.17, 15) is 14.8 Å². The van der Waals surface area contributed by atoms with Crippen molar-refractivity contribution in [1.29, 1.82) is 0 Å². The number of carbonyl (C=O) groups excluding carboxylic acids is 2. The van der Waals surface area contributed by atoms with Gasteiger partial charge in [0, 0.05) is 6.54 Å². The van der Waals surface area contributed by atoms with Crippen molar-refractivity contribution in [2.45, 2.75) is 25.5 Å². The predicted octanol–water partition coefficient (Wildman–Crippen LogP) is 4.88. The van der Waals surface area contributed by atoms with Crippen LogP contribution in [0, 0.1) is 0 Å². The van der Waals surface area contributed by atoms with Gasteiger partial charge in [-0.3, -0.25) is 14.9 Å². The Morgan fingerprint density at radius 1 is 0.935 bits per heavy atom. The van der Waals surface area contributed by atoms with E-state index < -0.39 is 18.0 Å². The Morgan fingerprint density at radius 2 is 1.61 bits per heavy atom. The van der Waals surface area contributed by atoms with Crippen molar-refractivity contribution < 1.29 is 19.5 Å². The zero-order valence-electron chi connectivity index (χ0n) is 17.1. The quantitative estimate of drug-likeness (QED) is 0.476. The Labute approximate surface area is 181 Å². The van der Waals surface area contributed by atoms with Crippen LogP contribution >= 0.6 is 0 Å². The fraction of sp³-hybridized carbons (Fsp3) is 0.200. The minimum Gasteiger partial charge on any atom is -0.445 e. The molecule has 31 heavy (non-hydrogen) atoms. The molecule has 0 aliphatic carbocycles. The lowest BCUT2D eigenvalue weighted by Gasteiger charge is -2.26. The van der Waals surface area contributed by atoms with E-state index in [1.54, 1.807) is 18.2 Å². The van der Waals surface area contributed by atoms with Crippen molar-refractivity contribution >= 4 is 17.7 Å². The largest absolute Gasteiger partial charge is 0.445 e. The first-order valence-electron chi connectivity index (χ1n) is 10.3. The molecule has 6 nitrogen and oxygen atoms in total. The number of hydroxylamine groups is 1. The molecule has 0 spiro atoms. The second-order valence-electron chi connectivity index (χ2n) is 7.46. The topological polar surface area (TPSA) is 70.1 Å². The Morgan fingerprint density at radius 3 is 2.35 bits per heavy atom. The van der Waals surface area contributed by atoms with Gasteiger partial charge in [0.1, 0.15) is 12.6 Å².